The number of ether oxygens (including phenoxy) is 3. The maximum absolute atomic E-state index is 6.28. The number of benzene rings is 1. The van der Waals surface area contributed by atoms with Crippen LogP contribution in [0.3, 0.4) is 0 Å². The van der Waals surface area contributed by atoms with E-state index in [9.17, 15) is 0 Å². The summed E-state index contributed by atoms with van der Waals surface area (Å²) in [5, 5.41) is 0. The largest absolute Gasteiger partial charge is 0.368 e. The van der Waals surface area contributed by atoms with Gasteiger partial charge in [-0.05, 0) is 12.0 Å². The first kappa shape index (κ1) is 10.6. The van der Waals surface area contributed by atoms with Crippen LogP contribution in [0.15, 0.2) is 42.5 Å². The van der Waals surface area contributed by atoms with Gasteiger partial charge >= 0.3 is 0 Å². The molecule has 0 radical (unpaired) electrons. The van der Waals surface area contributed by atoms with Gasteiger partial charge in [0.1, 0.15) is 17.8 Å². The lowest BCUT2D eigenvalue weighted by Gasteiger charge is -2.30. The SMILES string of the molecule is C1=C\C2C3OC3C(CC23OC3c2ccccc2)C2OC/12. The van der Waals surface area contributed by atoms with E-state index in [0.29, 0.717) is 36.3 Å². The second-order valence-electron chi connectivity index (χ2n) is 6.77. The lowest BCUT2D eigenvalue weighted by Crippen LogP contribution is -2.41. The van der Waals surface area contributed by atoms with E-state index < -0.39 is 0 Å². The van der Waals surface area contributed by atoms with Gasteiger partial charge < -0.3 is 14.2 Å². The minimum absolute atomic E-state index is 0.0306. The van der Waals surface area contributed by atoms with Crippen LogP contribution in [-0.2, 0) is 14.2 Å². The highest BCUT2D eigenvalue weighted by molar-refractivity contribution is 5.35. The van der Waals surface area contributed by atoms with Crippen LogP contribution in [0.2, 0.25) is 0 Å². The van der Waals surface area contributed by atoms with E-state index >= 15 is 0 Å². The van der Waals surface area contributed by atoms with Crippen molar-refractivity contribution >= 4 is 0 Å². The first-order valence-electron chi connectivity index (χ1n) is 7.59. The molecule has 8 atom stereocenters. The average Bonchev–Trinajstić information content (AvgIpc) is 3.33. The Morgan fingerprint density at radius 3 is 2.75 bits per heavy atom. The molecule has 1 saturated carbocycles. The molecule has 0 aromatic heterocycles. The van der Waals surface area contributed by atoms with Crippen LogP contribution in [0.1, 0.15) is 18.1 Å². The Morgan fingerprint density at radius 1 is 0.950 bits per heavy atom. The van der Waals surface area contributed by atoms with Crippen molar-refractivity contribution in [2.75, 3.05) is 0 Å². The Bertz CT molecular complexity index is 612. The van der Waals surface area contributed by atoms with E-state index in [2.05, 4.69) is 42.5 Å². The maximum Gasteiger partial charge on any atom is 0.113 e. The lowest BCUT2D eigenvalue weighted by molar-refractivity contribution is 0.154. The van der Waals surface area contributed by atoms with Crippen molar-refractivity contribution in [1.29, 1.82) is 0 Å². The molecule has 3 aliphatic heterocycles. The predicted octanol–water partition coefficient (Wildman–Crippen LogP) is 2.24. The highest BCUT2D eigenvalue weighted by Crippen LogP contribution is 2.68. The first-order chi connectivity index (χ1) is 9.87. The standard InChI is InChI=1S/C17H16O3/c1-2-4-9(5-3-1)16-17(20-16)8-10-13-12(18-13)7-6-11(17)15-14(10)19-15/h1-7,10-16H,8H2/b7-6-. The minimum atomic E-state index is -0.0306. The molecule has 3 aliphatic carbocycles. The highest BCUT2D eigenvalue weighted by Gasteiger charge is 2.75. The van der Waals surface area contributed by atoms with Gasteiger partial charge in [0, 0.05) is 11.8 Å². The topological polar surface area (TPSA) is 37.6 Å². The molecular formula is C17H16O3. The smallest absolute Gasteiger partial charge is 0.113 e. The molecule has 0 amide bonds. The Balaban J connectivity index is 1.42. The summed E-state index contributed by atoms with van der Waals surface area (Å²) < 4.78 is 18.1. The Hall–Kier alpha value is -1.16. The van der Waals surface area contributed by atoms with Crippen molar-refractivity contribution in [3.05, 3.63) is 48.0 Å². The van der Waals surface area contributed by atoms with Gasteiger partial charge in [-0.3, -0.25) is 0 Å². The summed E-state index contributed by atoms with van der Waals surface area (Å²) >= 11 is 0. The van der Waals surface area contributed by atoms with Crippen molar-refractivity contribution in [3.8, 4) is 0 Å². The van der Waals surface area contributed by atoms with Gasteiger partial charge in [-0.1, -0.05) is 42.5 Å². The molecule has 8 unspecified atom stereocenters. The zero-order chi connectivity index (χ0) is 12.9. The summed E-state index contributed by atoms with van der Waals surface area (Å²) in [5.41, 5.74) is 1.27. The van der Waals surface area contributed by atoms with Crippen molar-refractivity contribution < 1.29 is 14.2 Å². The molecule has 1 spiro atoms. The monoisotopic (exact) mass is 268 g/mol. The maximum atomic E-state index is 6.28. The molecule has 3 nitrogen and oxygen atoms in total. The minimum Gasteiger partial charge on any atom is -0.368 e. The van der Waals surface area contributed by atoms with Crippen LogP contribution in [0.5, 0.6) is 0 Å². The molecule has 0 N–H and O–H groups in total. The average molecular weight is 268 g/mol. The van der Waals surface area contributed by atoms with E-state index in [4.69, 9.17) is 14.2 Å². The van der Waals surface area contributed by atoms with Gasteiger partial charge in [0.2, 0.25) is 0 Å². The van der Waals surface area contributed by atoms with Crippen molar-refractivity contribution in [1.82, 2.24) is 0 Å². The summed E-state index contributed by atoms with van der Waals surface area (Å²) in [5.74, 6) is 0.930. The molecule has 3 heterocycles. The van der Waals surface area contributed by atoms with E-state index in [0.717, 1.165) is 6.42 Å². The Labute approximate surface area is 117 Å². The van der Waals surface area contributed by atoms with Crippen LogP contribution >= 0.6 is 0 Å². The summed E-state index contributed by atoms with van der Waals surface area (Å²) in [6, 6.07) is 10.6. The van der Waals surface area contributed by atoms with Crippen LogP contribution < -0.4 is 0 Å². The van der Waals surface area contributed by atoms with Crippen LogP contribution in [0.4, 0.5) is 0 Å². The molecule has 3 saturated heterocycles. The summed E-state index contributed by atoms with van der Waals surface area (Å²) in [7, 11) is 0. The lowest BCUT2D eigenvalue weighted by atomic mass is 9.68. The normalized spacial score (nSPS) is 58.3. The Kier molecular flexibility index (Phi) is 1.68. The van der Waals surface area contributed by atoms with Crippen LogP contribution in [0.25, 0.3) is 0 Å². The van der Waals surface area contributed by atoms with Gasteiger partial charge in [-0.2, -0.15) is 0 Å². The highest BCUT2D eigenvalue weighted by atomic mass is 16.6. The van der Waals surface area contributed by atoms with Gasteiger partial charge in [-0.25, -0.2) is 0 Å². The summed E-state index contributed by atoms with van der Waals surface area (Å²) in [4.78, 5) is 0. The van der Waals surface area contributed by atoms with E-state index in [1.165, 1.54) is 5.56 Å². The molecule has 7 rings (SSSR count). The van der Waals surface area contributed by atoms with Gasteiger partial charge in [-0.15, -0.1) is 0 Å². The van der Waals surface area contributed by atoms with E-state index in [-0.39, 0.29) is 11.7 Å². The van der Waals surface area contributed by atoms with E-state index in [1.807, 2.05) is 0 Å². The second kappa shape index (κ2) is 3.19. The fourth-order valence-electron chi connectivity index (χ4n) is 4.68. The number of rotatable bonds is 1. The summed E-state index contributed by atoms with van der Waals surface area (Å²) in [6.45, 7) is 0. The quantitative estimate of drug-likeness (QED) is 0.579. The van der Waals surface area contributed by atoms with Gasteiger partial charge in [0.05, 0.1) is 18.3 Å². The van der Waals surface area contributed by atoms with Crippen molar-refractivity contribution in [3.63, 3.8) is 0 Å². The molecule has 6 aliphatic rings. The Morgan fingerprint density at radius 2 is 1.85 bits per heavy atom. The van der Waals surface area contributed by atoms with Gasteiger partial charge in [0.15, 0.2) is 0 Å². The third kappa shape index (κ3) is 1.18. The van der Waals surface area contributed by atoms with Crippen LogP contribution in [-0.4, -0.2) is 30.0 Å². The number of epoxide rings is 3. The molecule has 20 heavy (non-hydrogen) atoms. The molecule has 1 aromatic rings. The molecule has 1 aromatic carbocycles. The third-order valence-electron chi connectivity index (χ3n) is 5.77. The second-order valence-corrected chi connectivity index (χ2v) is 6.77. The van der Waals surface area contributed by atoms with Crippen molar-refractivity contribution in [2.45, 2.75) is 42.5 Å². The number of hydrogen-bond acceptors (Lipinski definition) is 3. The molecule has 3 heteroatoms. The molecular weight excluding hydrogens is 252 g/mol. The summed E-state index contributed by atoms with van der Waals surface area (Å²) in [6.07, 6.45) is 7.39. The van der Waals surface area contributed by atoms with Crippen LogP contribution in [0, 0.1) is 11.8 Å². The van der Waals surface area contributed by atoms with E-state index in [1.54, 1.807) is 0 Å². The number of hydrogen-bond donors (Lipinski definition) is 0. The van der Waals surface area contributed by atoms with Gasteiger partial charge in [0.25, 0.3) is 0 Å². The predicted molar refractivity (Wildman–Crippen MR) is 71.1 cm³/mol. The third-order valence-corrected chi connectivity index (χ3v) is 5.77. The molecule has 4 fully saturated rings. The zero-order valence-electron chi connectivity index (χ0n) is 11.0. The van der Waals surface area contributed by atoms with Crippen molar-refractivity contribution in [2.24, 2.45) is 11.8 Å². The fraction of sp³-hybridized carbons (Fsp3) is 0.529. The molecule has 2 bridgehead atoms. The zero-order valence-corrected chi connectivity index (χ0v) is 11.0. The molecule has 102 valence electrons. The fourth-order valence-corrected chi connectivity index (χ4v) is 4.68. The first-order valence-corrected chi connectivity index (χ1v) is 7.59.